The molecule has 0 saturated carbocycles. The summed E-state index contributed by atoms with van der Waals surface area (Å²) in [7, 11) is 0. The van der Waals surface area contributed by atoms with Gasteiger partial charge in [-0.15, -0.1) is 0 Å². The summed E-state index contributed by atoms with van der Waals surface area (Å²) in [5.41, 5.74) is 0. The van der Waals surface area contributed by atoms with Crippen molar-refractivity contribution in [3.63, 3.8) is 0 Å². The third kappa shape index (κ3) is 6.70. The Balaban J connectivity index is 2.45. The molecule has 0 bridgehead atoms. The van der Waals surface area contributed by atoms with E-state index in [0.29, 0.717) is 0 Å². The van der Waals surface area contributed by atoms with Gasteiger partial charge in [-0.3, -0.25) is 0 Å². The standard InChI is InChI=1S/C5H12S2/c1-2-7-5-3-4-6/h6H,2-5H2,1H3. The first-order chi connectivity index (χ1) is 3.41. The van der Waals surface area contributed by atoms with Crippen LogP contribution in [0, 0.1) is 0 Å². The largest absolute Gasteiger partial charge is 0.179 e. The van der Waals surface area contributed by atoms with Crippen LogP contribution in [0.15, 0.2) is 0 Å². The van der Waals surface area contributed by atoms with E-state index < -0.39 is 0 Å². The summed E-state index contributed by atoms with van der Waals surface area (Å²) < 4.78 is 0. The van der Waals surface area contributed by atoms with Gasteiger partial charge < -0.3 is 0 Å². The highest BCUT2D eigenvalue weighted by Gasteiger charge is 1.80. The smallest absolute Gasteiger partial charge is 0.00599 e. The zero-order valence-electron chi connectivity index (χ0n) is 4.68. The van der Waals surface area contributed by atoms with Gasteiger partial charge in [0.25, 0.3) is 0 Å². The zero-order valence-corrected chi connectivity index (χ0v) is 6.39. The van der Waals surface area contributed by atoms with E-state index in [1.807, 2.05) is 11.8 Å². The van der Waals surface area contributed by atoms with Crippen molar-refractivity contribution in [1.82, 2.24) is 0 Å². The molecule has 0 N–H and O–H groups in total. The number of thiol groups is 1. The van der Waals surface area contributed by atoms with Gasteiger partial charge in [0, 0.05) is 0 Å². The molecule has 0 rings (SSSR count). The summed E-state index contributed by atoms with van der Waals surface area (Å²) in [6, 6.07) is 0. The molecule has 44 valence electrons. The summed E-state index contributed by atoms with van der Waals surface area (Å²) in [5.74, 6) is 3.56. The second-order valence-electron chi connectivity index (χ2n) is 1.27. The van der Waals surface area contributed by atoms with Crippen molar-refractivity contribution in [2.24, 2.45) is 0 Å². The highest BCUT2D eigenvalue weighted by atomic mass is 32.2. The molecule has 0 saturated heterocycles. The van der Waals surface area contributed by atoms with Crippen LogP contribution in [-0.4, -0.2) is 17.3 Å². The fourth-order valence-corrected chi connectivity index (χ4v) is 1.32. The molecule has 0 nitrogen and oxygen atoms in total. The van der Waals surface area contributed by atoms with Gasteiger partial charge in [0.2, 0.25) is 0 Å². The molecule has 0 aliphatic carbocycles. The lowest BCUT2D eigenvalue weighted by molar-refractivity contribution is 1.13. The summed E-state index contributed by atoms with van der Waals surface area (Å²) in [6.45, 7) is 2.18. The van der Waals surface area contributed by atoms with E-state index >= 15 is 0 Å². The van der Waals surface area contributed by atoms with Crippen LogP contribution < -0.4 is 0 Å². The Morgan fingerprint density at radius 2 is 2.29 bits per heavy atom. The third-order valence-electron chi connectivity index (χ3n) is 0.651. The van der Waals surface area contributed by atoms with Crippen molar-refractivity contribution in [3.8, 4) is 0 Å². The van der Waals surface area contributed by atoms with Crippen LogP contribution >= 0.6 is 24.4 Å². The van der Waals surface area contributed by atoms with Crippen LogP contribution in [0.25, 0.3) is 0 Å². The van der Waals surface area contributed by atoms with Gasteiger partial charge in [-0.1, -0.05) is 6.92 Å². The maximum absolute atomic E-state index is 4.08. The molecule has 0 fully saturated rings. The molecule has 0 amide bonds. The first-order valence-electron chi connectivity index (χ1n) is 2.60. The van der Waals surface area contributed by atoms with Crippen LogP contribution in [0.5, 0.6) is 0 Å². The van der Waals surface area contributed by atoms with Crippen molar-refractivity contribution in [2.45, 2.75) is 13.3 Å². The fourth-order valence-electron chi connectivity index (χ4n) is 0.311. The molecule has 0 atom stereocenters. The third-order valence-corrected chi connectivity index (χ3v) is 1.95. The maximum atomic E-state index is 4.08. The van der Waals surface area contributed by atoms with E-state index in [2.05, 4.69) is 19.6 Å². The van der Waals surface area contributed by atoms with E-state index in [4.69, 9.17) is 0 Å². The second-order valence-corrected chi connectivity index (χ2v) is 3.12. The topological polar surface area (TPSA) is 0 Å². The van der Waals surface area contributed by atoms with Crippen LogP contribution in [0.2, 0.25) is 0 Å². The lowest BCUT2D eigenvalue weighted by Gasteiger charge is -1.90. The van der Waals surface area contributed by atoms with Crippen molar-refractivity contribution in [1.29, 1.82) is 0 Å². The minimum absolute atomic E-state index is 1.03. The molecule has 0 radical (unpaired) electrons. The zero-order chi connectivity index (χ0) is 5.54. The Bertz CT molecular complexity index is 25.3. The molecule has 0 aliphatic rings. The number of hydrogen-bond acceptors (Lipinski definition) is 2. The molecule has 0 heterocycles. The number of hydrogen-bond donors (Lipinski definition) is 1. The normalized spacial score (nSPS) is 9.43. The Kier molecular flexibility index (Phi) is 7.37. The highest BCUT2D eigenvalue weighted by Crippen LogP contribution is 2.00. The van der Waals surface area contributed by atoms with Crippen molar-refractivity contribution < 1.29 is 0 Å². The molecule has 0 spiro atoms. The Morgan fingerprint density at radius 3 is 2.71 bits per heavy atom. The lowest BCUT2D eigenvalue weighted by atomic mass is 10.6. The minimum Gasteiger partial charge on any atom is -0.179 e. The van der Waals surface area contributed by atoms with E-state index in [-0.39, 0.29) is 0 Å². The summed E-state index contributed by atoms with van der Waals surface area (Å²) in [4.78, 5) is 0. The molecule has 0 aromatic heterocycles. The van der Waals surface area contributed by atoms with Gasteiger partial charge in [-0.05, 0) is 23.7 Å². The predicted octanol–water partition coefficient (Wildman–Crippen LogP) is 2.06. The van der Waals surface area contributed by atoms with Crippen LogP contribution in [0.1, 0.15) is 13.3 Å². The Labute approximate surface area is 55.5 Å². The van der Waals surface area contributed by atoms with Gasteiger partial charge in [0.05, 0.1) is 0 Å². The van der Waals surface area contributed by atoms with E-state index in [0.717, 1.165) is 5.75 Å². The Hall–Kier alpha value is 0.700. The second kappa shape index (κ2) is 6.70. The fraction of sp³-hybridized carbons (Fsp3) is 1.00. The minimum atomic E-state index is 1.03. The molecule has 0 aromatic rings. The van der Waals surface area contributed by atoms with Gasteiger partial charge in [-0.25, -0.2) is 0 Å². The van der Waals surface area contributed by atoms with Crippen molar-refractivity contribution >= 4 is 24.4 Å². The molecular formula is C5H12S2. The van der Waals surface area contributed by atoms with Crippen molar-refractivity contribution in [2.75, 3.05) is 17.3 Å². The van der Waals surface area contributed by atoms with Gasteiger partial charge >= 0.3 is 0 Å². The predicted molar refractivity (Wildman–Crippen MR) is 41.5 cm³/mol. The highest BCUT2D eigenvalue weighted by molar-refractivity contribution is 7.99. The Morgan fingerprint density at radius 1 is 1.57 bits per heavy atom. The van der Waals surface area contributed by atoms with Gasteiger partial charge in [0.1, 0.15) is 0 Å². The molecule has 2 heteroatoms. The average Bonchev–Trinajstić information content (AvgIpc) is 1.69. The van der Waals surface area contributed by atoms with E-state index in [9.17, 15) is 0 Å². The summed E-state index contributed by atoms with van der Waals surface area (Å²) in [5, 5.41) is 0. The average molecular weight is 136 g/mol. The first-order valence-corrected chi connectivity index (χ1v) is 4.39. The summed E-state index contributed by atoms with van der Waals surface area (Å²) >= 11 is 6.06. The molecule has 0 aliphatic heterocycles. The van der Waals surface area contributed by atoms with Crippen LogP contribution in [0.4, 0.5) is 0 Å². The summed E-state index contributed by atoms with van der Waals surface area (Å²) in [6.07, 6.45) is 1.25. The first kappa shape index (κ1) is 7.70. The van der Waals surface area contributed by atoms with Crippen LogP contribution in [-0.2, 0) is 0 Å². The van der Waals surface area contributed by atoms with Gasteiger partial charge in [-0.2, -0.15) is 24.4 Å². The van der Waals surface area contributed by atoms with Crippen molar-refractivity contribution in [3.05, 3.63) is 0 Å². The molecule has 0 aromatic carbocycles. The van der Waals surface area contributed by atoms with E-state index in [1.54, 1.807) is 0 Å². The maximum Gasteiger partial charge on any atom is -0.00599 e. The number of thioether (sulfide) groups is 1. The molecular weight excluding hydrogens is 124 g/mol. The lowest BCUT2D eigenvalue weighted by Crippen LogP contribution is -1.79. The number of rotatable bonds is 4. The van der Waals surface area contributed by atoms with E-state index in [1.165, 1.54) is 17.9 Å². The van der Waals surface area contributed by atoms with Gasteiger partial charge in [0.15, 0.2) is 0 Å². The SMILES string of the molecule is CCSCCCS. The quantitative estimate of drug-likeness (QED) is 0.456. The molecule has 0 unspecified atom stereocenters. The van der Waals surface area contributed by atoms with Crippen LogP contribution in [0.3, 0.4) is 0 Å². The monoisotopic (exact) mass is 136 g/mol. The molecule has 7 heavy (non-hydrogen) atoms.